The zero-order chi connectivity index (χ0) is 18.2. The number of nitrogens with one attached hydrogen (secondary N) is 2. The molecule has 3 N–H and O–H groups in total. The van der Waals surface area contributed by atoms with E-state index in [-0.39, 0.29) is 17.0 Å². The highest BCUT2D eigenvalue weighted by molar-refractivity contribution is 6.07. The molecule has 0 radical (unpaired) electrons. The molecule has 2 aromatic rings. The van der Waals surface area contributed by atoms with E-state index >= 15 is 0 Å². The molecule has 2 rings (SSSR count). The summed E-state index contributed by atoms with van der Waals surface area (Å²) in [5.41, 5.74) is 2.53. The first kappa shape index (κ1) is 18.0. The third kappa shape index (κ3) is 5.07. The fourth-order valence-corrected chi connectivity index (χ4v) is 2.03. The molecule has 0 aliphatic heterocycles. The first-order valence-corrected chi connectivity index (χ1v) is 7.57. The minimum absolute atomic E-state index is 0.0621. The van der Waals surface area contributed by atoms with Crippen LogP contribution in [0.1, 0.15) is 29.8 Å². The molecule has 0 spiro atoms. The van der Waals surface area contributed by atoms with Gasteiger partial charge >= 0.3 is 0 Å². The van der Waals surface area contributed by atoms with Crippen molar-refractivity contribution in [1.29, 1.82) is 0 Å². The highest BCUT2D eigenvalue weighted by Gasteiger charge is 2.14. The second kappa shape index (κ2) is 8.49. The summed E-state index contributed by atoms with van der Waals surface area (Å²) in [7, 11) is 0. The van der Waals surface area contributed by atoms with Gasteiger partial charge in [0.25, 0.3) is 5.91 Å². The number of phenols is 1. The number of anilines is 2. The Hall–Kier alpha value is -3.35. The van der Waals surface area contributed by atoms with Gasteiger partial charge < -0.3 is 20.6 Å². The Morgan fingerprint density at radius 1 is 1.20 bits per heavy atom. The van der Waals surface area contributed by atoms with Crippen LogP contribution >= 0.6 is 0 Å². The van der Waals surface area contributed by atoms with E-state index in [0.29, 0.717) is 18.7 Å². The maximum Gasteiger partial charge on any atom is 0.259 e. The van der Waals surface area contributed by atoms with Crippen LogP contribution in [0.3, 0.4) is 0 Å². The lowest BCUT2D eigenvalue weighted by atomic mass is 10.1. The molecule has 0 saturated heterocycles. The number of oxime groups is 1. The second-order valence-corrected chi connectivity index (χ2v) is 5.43. The maximum atomic E-state index is 12.3. The van der Waals surface area contributed by atoms with E-state index in [1.165, 1.54) is 12.1 Å². The van der Waals surface area contributed by atoms with Crippen molar-refractivity contribution >= 4 is 29.4 Å². The normalized spacial score (nSPS) is 9.84. The van der Waals surface area contributed by atoms with Gasteiger partial charge in [-0.2, -0.15) is 0 Å². The number of benzene rings is 2. The zero-order valence-corrected chi connectivity index (χ0v) is 13.9. The van der Waals surface area contributed by atoms with Crippen molar-refractivity contribution in [2.24, 2.45) is 5.16 Å². The summed E-state index contributed by atoms with van der Waals surface area (Å²) < 4.78 is 0. The summed E-state index contributed by atoms with van der Waals surface area (Å²) >= 11 is 0. The summed E-state index contributed by atoms with van der Waals surface area (Å²) in [6.07, 6.45) is 0.432. The molecule has 0 bridgehead atoms. The molecule has 0 aliphatic rings. The van der Waals surface area contributed by atoms with Gasteiger partial charge in [0.1, 0.15) is 6.61 Å². The molecule has 0 saturated carbocycles. The van der Waals surface area contributed by atoms with Crippen LogP contribution in [0.15, 0.2) is 47.6 Å². The summed E-state index contributed by atoms with van der Waals surface area (Å²) in [5, 5.41) is 18.9. The van der Waals surface area contributed by atoms with Gasteiger partial charge in [-0.05, 0) is 43.7 Å². The van der Waals surface area contributed by atoms with Crippen LogP contribution in [-0.2, 0) is 16.2 Å². The summed E-state index contributed by atoms with van der Waals surface area (Å²) in [6, 6.07) is 11.6. The molecule has 0 aromatic heterocycles. The van der Waals surface area contributed by atoms with Crippen LogP contribution in [0.4, 0.5) is 11.4 Å². The number of nitrogens with zero attached hydrogens (tertiary/aromatic N) is 1. The van der Waals surface area contributed by atoms with E-state index in [1.54, 1.807) is 30.3 Å². The number of rotatable bonds is 7. The van der Waals surface area contributed by atoms with E-state index in [0.717, 1.165) is 11.3 Å². The SMILES string of the molecule is CC(C)=NOCc1ccc(NC(=O)c2cccc(NC=O)c2O)cc1. The van der Waals surface area contributed by atoms with Gasteiger partial charge in [-0.15, -0.1) is 0 Å². The van der Waals surface area contributed by atoms with E-state index in [9.17, 15) is 14.7 Å². The predicted molar refractivity (Wildman–Crippen MR) is 95.8 cm³/mol. The molecule has 2 aromatic carbocycles. The molecule has 0 fully saturated rings. The monoisotopic (exact) mass is 341 g/mol. The topological polar surface area (TPSA) is 100 Å². The molecule has 130 valence electrons. The number of carbonyl (C=O) groups excluding carboxylic acids is 2. The molecule has 7 heteroatoms. The first-order chi connectivity index (χ1) is 12.0. The molecule has 25 heavy (non-hydrogen) atoms. The van der Waals surface area contributed by atoms with Crippen molar-refractivity contribution in [2.45, 2.75) is 20.5 Å². The Bertz CT molecular complexity index is 781. The molecule has 0 heterocycles. The Morgan fingerprint density at radius 2 is 1.92 bits per heavy atom. The maximum absolute atomic E-state index is 12.3. The Labute approximate surface area is 145 Å². The van der Waals surface area contributed by atoms with Gasteiger partial charge in [-0.25, -0.2) is 0 Å². The third-order valence-electron chi connectivity index (χ3n) is 3.19. The molecule has 0 atom stereocenters. The number of aromatic hydroxyl groups is 1. The first-order valence-electron chi connectivity index (χ1n) is 7.57. The zero-order valence-electron chi connectivity index (χ0n) is 13.9. The fourth-order valence-electron chi connectivity index (χ4n) is 2.03. The molecular formula is C18H19N3O4. The van der Waals surface area contributed by atoms with Gasteiger partial charge in [0.05, 0.1) is 17.0 Å². The average molecular weight is 341 g/mol. The molecule has 0 aliphatic carbocycles. The van der Waals surface area contributed by atoms with Crippen molar-refractivity contribution < 1.29 is 19.5 Å². The number of carbonyl (C=O) groups is 2. The van der Waals surface area contributed by atoms with Crippen molar-refractivity contribution in [3.05, 3.63) is 53.6 Å². The Morgan fingerprint density at radius 3 is 2.56 bits per heavy atom. The van der Waals surface area contributed by atoms with Crippen LogP contribution in [0.2, 0.25) is 0 Å². The Kier molecular flexibility index (Phi) is 6.11. The van der Waals surface area contributed by atoms with Crippen LogP contribution in [0.25, 0.3) is 0 Å². The number of amides is 2. The van der Waals surface area contributed by atoms with E-state index in [2.05, 4.69) is 15.8 Å². The summed E-state index contributed by atoms with van der Waals surface area (Å²) in [5.74, 6) is -0.771. The largest absolute Gasteiger partial charge is 0.505 e. The highest BCUT2D eigenvalue weighted by Crippen LogP contribution is 2.27. The van der Waals surface area contributed by atoms with Gasteiger partial charge in [-0.1, -0.05) is 23.4 Å². The minimum atomic E-state index is -0.484. The third-order valence-corrected chi connectivity index (χ3v) is 3.19. The predicted octanol–water partition coefficient (Wildman–Crippen LogP) is 3.13. The quantitative estimate of drug-likeness (QED) is 0.312. The van der Waals surface area contributed by atoms with Crippen molar-refractivity contribution in [3.63, 3.8) is 0 Å². The smallest absolute Gasteiger partial charge is 0.259 e. The lowest BCUT2D eigenvalue weighted by molar-refractivity contribution is -0.105. The van der Waals surface area contributed by atoms with Crippen LogP contribution in [-0.4, -0.2) is 23.1 Å². The fraction of sp³-hybridized carbons (Fsp3) is 0.167. The number of hydrogen-bond donors (Lipinski definition) is 3. The van der Waals surface area contributed by atoms with Gasteiger partial charge in [0.15, 0.2) is 5.75 Å². The number of hydrogen-bond acceptors (Lipinski definition) is 5. The standard InChI is InChI=1S/C18H19N3O4/c1-12(2)21-25-10-13-6-8-14(9-7-13)20-18(24)15-4-3-5-16(17(15)23)19-11-22/h3-9,11,23H,10H2,1-2H3,(H,19,22)(H,20,24). The van der Waals surface area contributed by atoms with Crippen LogP contribution < -0.4 is 10.6 Å². The van der Waals surface area contributed by atoms with Gasteiger partial charge in [0, 0.05) is 5.69 Å². The minimum Gasteiger partial charge on any atom is -0.505 e. The molecular weight excluding hydrogens is 322 g/mol. The summed E-state index contributed by atoms with van der Waals surface area (Å²) in [6.45, 7) is 4.01. The lowest BCUT2D eigenvalue weighted by Gasteiger charge is -2.10. The number of phenolic OH excluding ortho intramolecular Hbond substituents is 1. The van der Waals surface area contributed by atoms with Gasteiger partial charge in [-0.3, -0.25) is 9.59 Å². The highest BCUT2D eigenvalue weighted by atomic mass is 16.6. The summed E-state index contributed by atoms with van der Waals surface area (Å²) in [4.78, 5) is 28.0. The van der Waals surface area contributed by atoms with Crippen molar-refractivity contribution in [3.8, 4) is 5.75 Å². The lowest BCUT2D eigenvalue weighted by Crippen LogP contribution is -2.12. The average Bonchev–Trinajstić information content (AvgIpc) is 2.58. The van der Waals surface area contributed by atoms with Gasteiger partial charge in [0.2, 0.25) is 6.41 Å². The van der Waals surface area contributed by atoms with Crippen molar-refractivity contribution in [1.82, 2.24) is 0 Å². The molecule has 2 amide bonds. The molecule has 0 unspecified atom stereocenters. The van der Waals surface area contributed by atoms with Crippen LogP contribution in [0.5, 0.6) is 5.75 Å². The second-order valence-electron chi connectivity index (χ2n) is 5.43. The Balaban J connectivity index is 2.04. The molecule has 7 nitrogen and oxygen atoms in total. The number of para-hydroxylation sites is 1. The van der Waals surface area contributed by atoms with E-state index in [1.807, 2.05) is 13.8 Å². The van der Waals surface area contributed by atoms with E-state index < -0.39 is 5.91 Å². The van der Waals surface area contributed by atoms with Crippen LogP contribution in [0, 0.1) is 0 Å². The van der Waals surface area contributed by atoms with Crippen molar-refractivity contribution in [2.75, 3.05) is 10.6 Å². The van der Waals surface area contributed by atoms with E-state index in [4.69, 9.17) is 4.84 Å².